The molecule has 24 heavy (non-hydrogen) atoms. The number of rotatable bonds is 3. The van der Waals surface area contributed by atoms with E-state index < -0.39 is 23.8 Å². The molecule has 0 fully saturated rings. The molecule has 3 amide bonds. The first-order valence-corrected chi connectivity index (χ1v) is 7.75. The van der Waals surface area contributed by atoms with Crippen LogP contribution in [0.15, 0.2) is 42.5 Å². The van der Waals surface area contributed by atoms with E-state index in [1.165, 1.54) is 0 Å². The molecule has 1 aliphatic rings. The molecular formula is C19H18N2O3. The van der Waals surface area contributed by atoms with Gasteiger partial charge in [0.25, 0.3) is 11.8 Å². The first-order valence-electron chi connectivity index (χ1n) is 7.75. The second-order valence-electron chi connectivity index (χ2n) is 6.01. The van der Waals surface area contributed by atoms with E-state index in [0.29, 0.717) is 16.8 Å². The summed E-state index contributed by atoms with van der Waals surface area (Å²) in [7, 11) is 0. The van der Waals surface area contributed by atoms with Crippen LogP contribution in [0.2, 0.25) is 0 Å². The Morgan fingerprint density at radius 1 is 1.00 bits per heavy atom. The zero-order valence-electron chi connectivity index (χ0n) is 13.8. The van der Waals surface area contributed by atoms with Crippen molar-refractivity contribution in [1.82, 2.24) is 4.90 Å². The van der Waals surface area contributed by atoms with Crippen LogP contribution in [0.25, 0.3) is 0 Å². The minimum Gasteiger partial charge on any atom is -0.324 e. The molecule has 0 spiro atoms. The van der Waals surface area contributed by atoms with E-state index in [0.717, 1.165) is 16.0 Å². The third kappa shape index (κ3) is 2.58. The maximum atomic E-state index is 12.5. The van der Waals surface area contributed by atoms with Gasteiger partial charge in [0.15, 0.2) is 0 Å². The van der Waals surface area contributed by atoms with E-state index in [2.05, 4.69) is 5.32 Å². The Bertz CT molecular complexity index is 822. The summed E-state index contributed by atoms with van der Waals surface area (Å²) in [6.45, 7) is 5.38. The van der Waals surface area contributed by atoms with Crippen LogP contribution in [0.1, 0.15) is 38.8 Å². The maximum Gasteiger partial charge on any atom is 0.262 e. The van der Waals surface area contributed by atoms with Crippen LogP contribution in [0.3, 0.4) is 0 Å². The fourth-order valence-electron chi connectivity index (χ4n) is 2.78. The maximum absolute atomic E-state index is 12.5. The largest absolute Gasteiger partial charge is 0.324 e. The minimum absolute atomic E-state index is 0.342. The Morgan fingerprint density at radius 3 is 2.17 bits per heavy atom. The molecule has 2 aromatic carbocycles. The molecule has 122 valence electrons. The Morgan fingerprint density at radius 2 is 1.58 bits per heavy atom. The molecule has 3 rings (SSSR count). The van der Waals surface area contributed by atoms with Crippen molar-refractivity contribution in [3.8, 4) is 0 Å². The average Bonchev–Trinajstić information content (AvgIpc) is 2.82. The van der Waals surface area contributed by atoms with Gasteiger partial charge >= 0.3 is 0 Å². The molecule has 0 saturated heterocycles. The summed E-state index contributed by atoms with van der Waals surface area (Å²) in [5.41, 5.74) is 3.30. The van der Waals surface area contributed by atoms with E-state index in [1.54, 1.807) is 31.2 Å². The van der Waals surface area contributed by atoms with Gasteiger partial charge in [0.2, 0.25) is 5.91 Å². The number of nitrogens with one attached hydrogen (secondary N) is 1. The van der Waals surface area contributed by atoms with Gasteiger partial charge in [0.1, 0.15) is 6.04 Å². The number of carbonyl (C=O) groups is 3. The van der Waals surface area contributed by atoms with Crippen molar-refractivity contribution in [3.05, 3.63) is 64.7 Å². The molecule has 1 N–H and O–H groups in total. The number of fused-ring (bicyclic) bond motifs is 1. The number of amides is 3. The van der Waals surface area contributed by atoms with Crippen molar-refractivity contribution in [1.29, 1.82) is 0 Å². The smallest absolute Gasteiger partial charge is 0.262 e. The molecule has 0 radical (unpaired) electrons. The van der Waals surface area contributed by atoms with Gasteiger partial charge in [-0.1, -0.05) is 24.3 Å². The second-order valence-corrected chi connectivity index (χ2v) is 6.01. The number of anilines is 1. The van der Waals surface area contributed by atoms with E-state index >= 15 is 0 Å². The Kier molecular flexibility index (Phi) is 3.93. The Hall–Kier alpha value is -2.95. The van der Waals surface area contributed by atoms with Crippen molar-refractivity contribution in [2.45, 2.75) is 26.8 Å². The molecule has 0 aliphatic carbocycles. The number of benzene rings is 2. The molecule has 2 aromatic rings. The first-order chi connectivity index (χ1) is 11.4. The van der Waals surface area contributed by atoms with Crippen LogP contribution in [0.5, 0.6) is 0 Å². The van der Waals surface area contributed by atoms with Gasteiger partial charge in [-0.05, 0) is 50.1 Å². The highest BCUT2D eigenvalue weighted by atomic mass is 16.2. The van der Waals surface area contributed by atoms with Crippen LogP contribution in [0, 0.1) is 13.8 Å². The summed E-state index contributed by atoms with van der Waals surface area (Å²) in [5, 5.41) is 2.81. The summed E-state index contributed by atoms with van der Waals surface area (Å²) >= 11 is 0. The lowest BCUT2D eigenvalue weighted by Gasteiger charge is -2.22. The van der Waals surface area contributed by atoms with Gasteiger partial charge in [0.05, 0.1) is 11.1 Å². The van der Waals surface area contributed by atoms with Gasteiger partial charge in [-0.15, -0.1) is 0 Å². The summed E-state index contributed by atoms with van der Waals surface area (Å²) < 4.78 is 0. The first kappa shape index (κ1) is 15.9. The lowest BCUT2D eigenvalue weighted by atomic mass is 10.1. The number of carbonyl (C=O) groups excluding carboxylic acids is 3. The van der Waals surface area contributed by atoms with Crippen LogP contribution < -0.4 is 5.32 Å². The highest BCUT2D eigenvalue weighted by molar-refractivity contribution is 6.23. The predicted octanol–water partition coefficient (Wildman–Crippen LogP) is 2.93. The lowest BCUT2D eigenvalue weighted by molar-refractivity contribution is -0.119. The molecule has 5 heteroatoms. The normalized spacial score (nSPS) is 14.5. The van der Waals surface area contributed by atoms with E-state index in [9.17, 15) is 14.4 Å². The number of hydrogen-bond donors (Lipinski definition) is 1. The SMILES string of the molecule is Cc1ccc(C)c(NC(=O)[C@H](C)N2C(=O)c3ccccc3C2=O)c1. The topological polar surface area (TPSA) is 66.5 Å². The van der Waals surface area contributed by atoms with Crippen LogP contribution >= 0.6 is 0 Å². The molecular weight excluding hydrogens is 304 g/mol. The third-order valence-corrected chi connectivity index (χ3v) is 4.24. The van der Waals surface area contributed by atoms with E-state index in [4.69, 9.17) is 0 Å². The van der Waals surface area contributed by atoms with Crippen LogP contribution in [-0.4, -0.2) is 28.7 Å². The van der Waals surface area contributed by atoms with E-state index in [1.807, 2.05) is 32.0 Å². The number of imide groups is 1. The quantitative estimate of drug-likeness (QED) is 0.884. The number of aryl methyl sites for hydroxylation is 2. The Labute approximate surface area is 140 Å². The van der Waals surface area contributed by atoms with Crippen molar-refractivity contribution < 1.29 is 14.4 Å². The molecule has 1 aliphatic heterocycles. The predicted molar refractivity (Wildman–Crippen MR) is 90.9 cm³/mol. The van der Waals surface area contributed by atoms with Gasteiger partial charge in [-0.2, -0.15) is 0 Å². The van der Waals surface area contributed by atoms with Crippen molar-refractivity contribution in [3.63, 3.8) is 0 Å². The van der Waals surface area contributed by atoms with Crippen molar-refractivity contribution in [2.75, 3.05) is 5.32 Å². The fraction of sp³-hybridized carbons (Fsp3) is 0.211. The zero-order chi connectivity index (χ0) is 17.4. The summed E-state index contributed by atoms with van der Waals surface area (Å²) in [4.78, 5) is 38.5. The summed E-state index contributed by atoms with van der Waals surface area (Å²) in [6, 6.07) is 11.5. The third-order valence-electron chi connectivity index (χ3n) is 4.24. The highest BCUT2D eigenvalue weighted by Gasteiger charge is 2.40. The van der Waals surface area contributed by atoms with Gasteiger partial charge in [-0.3, -0.25) is 19.3 Å². The highest BCUT2D eigenvalue weighted by Crippen LogP contribution is 2.25. The van der Waals surface area contributed by atoms with E-state index in [-0.39, 0.29) is 0 Å². The van der Waals surface area contributed by atoms with Gasteiger partial charge in [-0.25, -0.2) is 0 Å². The molecule has 0 aromatic heterocycles. The van der Waals surface area contributed by atoms with Crippen LogP contribution in [-0.2, 0) is 4.79 Å². The number of hydrogen-bond acceptors (Lipinski definition) is 3. The lowest BCUT2D eigenvalue weighted by Crippen LogP contribution is -2.45. The molecule has 5 nitrogen and oxygen atoms in total. The van der Waals surface area contributed by atoms with Gasteiger partial charge < -0.3 is 5.32 Å². The molecule has 1 heterocycles. The molecule has 1 atom stereocenters. The summed E-state index contributed by atoms with van der Waals surface area (Å²) in [6.07, 6.45) is 0. The molecule has 0 saturated carbocycles. The Balaban J connectivity index is 1.83. The zero-order valence-corrected chi connectivity index (χ0v) is 13.8. The standard InChI is InChI=1S/C19H18N2O3/c1-11-8-9-12(2)16(10-11)20-17(22)13(3)21-18(23)14-6-4-5-7-15(14)19(21)24/h4-10,13H,1-3H3,(H,20,22)/t13-/m0/s1. The van der Waals surface area contributed by atoms with Crippen LogP contribution in [0.4, 0.5) is 5.69 Å². The second kappa shape index (κ2) is 5.92. The minimum atomic E-state index is -0.891. The molecule has 0 bridgehead atoms. The summed E-state index contributed by atoms with van der Waals surface area (Å²) in [5.74, 6) is -1.25. The number of nitrogens with zero attached hydrogens (tertiary/aromatic N) is 1. The van der Waals surface area contributed by atoms with Crippen molar-refractivity contribution in [2.24, 2.45) is 0 Å². The fourth-order valence-corrected chi connectivity index (χ4v) is 2.78. The monoisotopic (exact) mass is 322 g/mol. The average molecular weight is 322 g/mol. The van der Waals surface area contributed by atoms with Crippen molar-refractivity contribution >= 4 is 23.4 Å². The molecule has 0 unspecified atom stereocenters. The van der Waals surface area contributed by atoms with Gasteiger partial charge in [0, 0.05) is 5.69 Å².